The Hall–Kier alpha value is -4.09. The van der Waals surface area contributed by atoms with Gasteiger partial charge >= 0.3 is 12.1 Å². The maximum absolute atomic E-state index is 13.5. The number of carbonyl (C=O) groups is 2. The summed E-state index contributed by atoms with van der Waals surface area (Å²) in [6.45, 7) is 0.852. The SMILES string of the molecule is COc1ccc(F)cc1C(=O)NCc1ccc(-c2nn([C@@H](C)C(F)(F)F)c(N)c2C(=O)O)cc1. The third-order valence-electron chi connectivity index (χ3n) is 5.09. The van der Waals surface area contributed by atoms with Crippen LogP contribution in [0.4, 0.5) is 23.4 Å². The number of amides is 1. The highest BCUT2D eigenvalue weighted by Crippen LogP contribution is 2.35. The van der Waals surface area contributed by atoms with Crippen molar-refractivity contribution >= 4 is 17.7 Å². The van der Waals surface area contributed by atoms with Crippen LogP contribution in [0, 0.1) is 5.82 Å². The van der Waals surface area contributed by atoms with E-state index < -0.39 is 41.3 Å². The number of nitrogens with one attached hydrogen (secondary N) is 1. The number of anilines is 1. The van der Waals surface area contributed by atoms with E-state index in [1.807, 2.05) is 0 Å². The van der Waals surface area contributed by atoms with E-state index in [1.54, 1.807) is 0 Å². The van der Waals surface area contributed by atoms with Crippen LogP contribution >= 0.6 is 0 Å². The molecule has 8 nitrogen and oxygen atoms in total. The largest absolute Gasteiger partial charge is 0.496 e. The molecular formula is C22H20F4N4O4. The van der Waals surface area contributed by atoms with E-state index >= 15 is 0 Å². The van der Waals surface area contributed by atoms with E-state index in [0.717, 1.165) is 19.1 Å². The minimum absolute atomic E-state index is 0.00465. The maximum Gasteiger partial charge on any atom is 0.410 e. The Morgan fingerprint density at radius 2 is 1.85 bits per heavy atom. The topological polar surface area (TPSA) is 119 Å². The molecule has 1 atom stereocenters. The molecule has 0 saturated carbocycles. The first-order valence-corrected chi connectivity index (χ1v) is 9.83. The molecule has 3 rings (SSSR count). The van der Waals surface area contributed by atoms with Crippen LogP contribution in [0.15, 0.2) is 42.5 Å². The average molecular weight is 480 g/mol. The number of hydrogen-bond donors (Lipinski definition) is 3. The molecule has 1 heterocycles. The van der Waals surface area contributed by atoms with Crippen LogP contribution < -0.4 is 15.8 Å². The third-order valence-corrected chi connectivity index (χ3v) is 5.09. The first-order valence-electron chi connectivity index (χ1n) is 9.83. The van der Waals surface area contributed by atoms with Crippen LogP contribution in [0.1, 0.15) is 39.2 Å². The zero-order chi connectivity index (χ0) is 25.2. The van der Waals surface area contributed by atoms with Crippen LogP contribution in [-0.4, -0.2) is 40.0 Å². The van der Waals surface area contributed by atoms with E-state index in [0.29, 0.717) is 10.2 Å². The molecular weight excluding hydrogens is 460 g/mol. The summed E-state index contributed by atoms with van der Waals surface area (Å²) in [7, 11) is 1.34. The number of hydrogen-bond acceptors (Lipinski definition) is 5. The van der Waals surface area contributed by atoms with Crippen molar-refractivity contribution in [1.29, 1.82) is 0 Å². The maximum atomic E-state index is 13.5. The lowest BCUT2D eigenvalue weighted by Gasteiger charge is -2.17. The molecule has 2 aromatic carbocycles. The number of nitrogens with zero attached hydrogens (tertiary/aromatic N) is 2. The number of halogens is 4. The van der Waals surface area contributed by atoms with Gasteiger partial charge in [0.2, 0.25) is 0 Å². The van der Waals surface area contributed by atoms with Crippen LogP contribution in [-0.2, 0) is 6.54 Å². The molecule has 0 spiro atoms. The highest BCUT2D eigenvalue weighted by molar-refractivity contribution is 6.00. The highest BCUT2D eigenvalue weighted by Gasteiger charge is 2.40. The van der Waals surface area contributed by atoms with Crippen LogP contribution in [0.2, 0.25) is 0 Å². The smallest absolute Gasteiger partial charge is 0.410 e. The number of methoxy groups -OCH3 is 1. The zero-order valence-electron chi connectivity index (χ0n) is 18.0. The van der Waals surface area contributed by atoms with Crippen molar-refractivity contribution < 1.29 is 37.0 Å². The van der Waals surface area contributed by atoms with Gasteiger partial charge in [0.1, 0.15) is 34.7 Å². The van der Waals surface area contributed by atoms with Gasteiger partial charge in [-0.3, -0.25) is 4.79 Å². The minimum atomic E-state index is -4.68. The Labute approximate surface area is 190 Å². The van der Waals surface area contributed by atoms with Gasteiger partial charge in [0.15, 0.2) is 0 Å². The molecule has 1 amide bonds. The second-order valence-corrected chi connectivity index (χ2v) is 7.30. The number of aromatic carboxylic acids is 1. The fourth-order valence-corrected chi connectivity index (χ4v) is 3.21. The molecule has 3 aromatic rings. The van der Waals surface area contributed by atoms with Crippen LogP contribution in [0.5, 0.6) is 5.75 Å². The summed E-state index contributed by atoms with van der Waals surface area (Å²) in [4.78, 5) is 24.1. The number of alkyl halides is 3. The quantitative estimate of drug-likeness (QED) is 0.440. The van der Waals surface area contributed by atoms with Crippen LogP contribution in [0.25, 0.3) is 11.3 Å². The van der Waals surface area contributed by atoms with Gasteiger partial charge in [-0.25, -0.2) is 13.9 Å². The molecule has 12 heteroatoms. The number of aromatic nitrogens is 2. The van der Waals surface area contributed by atoms with Gasteiger partial charge in [0, 0.05) is 12.1 Å². The van der Waals surface area contributed by atoms with Crippen molar-refractivity contribution in [2.24, 2.45) is 0 Å². The monoisotopic (exact) mass is 480 g/mol. The summed E-state index contributed by atoms with van der Waals surface area (Å²) in [5.41, 5.74) is 5.72. The van der Waals surface area contributed by atoms with Gasteiger partial charge in [0.25, 0.3) is 5.91 Å². The second kappa shape index (κ2) is 9.41. The standard InChI is InChI=1S/C22H20F4N4O4/c1-11(22(24,25)26)30-19(27)17(21(32)33)18(29-30)13-5-3-12(4-6-13)10-28-20(31)15-9-14(23)7-8-16(15)34-2/h3-9,11H,10,27H2,1-2H3,(H,28,31)(H,32,33)/t11-/m0/s1. The molecule has 4 N–H and O–H groups in total. The van der Waals surface area contributed by atoms with Crippen molar-refractivity contribution in [3.63, 3.8) is 0 Å². The van der Waals surface area contributed by atoms with Crippen molar-refractivity contribution in [3.05, 3.63) is 65.0 Å². The second-order valence-electron chi connectivity index (χ2n) is 7.30. The Balaban J connectivity index is 1.83. The molecule has 0 saturated heterocycles. The summed E-state index contributed by atoms with van der Waals surface area (Å²) in [5, 5.41) is 15.9. The summed E-state index contributed by atoms with van der Waals surface area (Å²) >= 11 is 0. The lowest BCUT2D eigenvalue weighted by Crippen LogP contribution is -2.26. The van der Waals surface area contributed by atoms with Crippen molar-refractivity contribution in [1.82, 2.24) is 15.1 Å². The van der Waals surface area contributed by atoms with E-state index in [-0.39, 0.29) is 29.1 Å². The average Bonchev–Trinajstić information content (AvgIpc) is 3.13. The molecule has 0 bridgehead atoms. The molecule has 180 valence electrons. The van der Waals surface area contributed by atoms with Gasteiger partial charge < -0.3 is 20.9 Å². The lowest BCUT2D eigenvalue weighted by atomic mass is 10.1. The van der Waals surface area contributed by atoms with Crippen LogP contribution in [0.3, 0.4) is 0 Å². The molecule has 0 aliphatic rings. The highest BCUT2D eigenvalue weighted by atomic mass is 19.4. The molecule has 0 fully saturated rings. The predicted octanol–water partition coefficient (Wildman–Crippen LogP) is 4.03. The Morgan fingerprint density at radius 3 is 2.41 bits per heavy atom. The predicted molar refractivity (Wildman–Crippen MR) is 114 cm³/mol. The number of carboxylic acids is 1. The van der Waals surface area contributed by atoms with Gasteiger partial charge in [-0.2, -0.15) is 18.3 Å². The van der Waals surface area contributed by atoms with Gasteiger partial charge in [-0.1, -0.05) is 24.3 Å². The Bertz CT molecular complexity index is 1220. The summed E-state index contributed by atoms with van der Waals surface area (Å²) in [6, 6.07) is 7.34. The Morgan fingerprint density at radius 1 is 1.21 bits per heavy atom. The number of carbonyl (C=O) groups excluding carboxylic acids is 1. The first-order chi connectivity index (χ1) is 15.9. The number of carboxylic acid groups (broad SMARTS) is 1. The van der Waals surface area contributed by atoms with Crippen molar-refractivity contribution in [2.45, 2.75) is 25.7 Å². The Kier molecular flexibility index (Phi) is 6.80. The van der Waals surface area contributed by atoms with E-state index in [9.17, 15) is 32.3 Å². The minimum Gasteiger partial charge on any atom is -0.496 e. The summed E-state index contributed by atoms with van der Waals surface area (Å²) in [5.74, 6) is -3.14. The molecule has 0 aliphatic heterocycles. The number of rotatable bonds is 7. The van der Waals surface area contributed by atoms with Crippen molar-refractivity contribution in [3.8, 4) is 17.0 Å². The van der Waals surface area contributed by atoms with E-state index in [1.165, 1.54) is 37.4 Å². The fraction of sp³-hybridized carbons (Fsp3) is 0.227. The normalized spacial score (nSPS) is 12.3. The molecule has 0 radical (unpaired) electrons. The molecule has 0 aliphatic carbocycles. The third kappa shape index (κ3) is 4.95. The zero-order valence-corrected chi connectivity index (χ0v) is 18.0. The van der Waals surface area contributed by atoms with E-state index in [2.05, 4.69) is 10.4 Å². The first kappa shape index (κ1) is 24.6. The van der Waals surface area contributed by atoms with Gasteiger partial charge in [-0.15, -0.1) is 0 Å². The molecule has 0 unspecified atom stereocenters. The summed E-state index contributed by atoms with van der Waals surface area (Å²) < 4.78 is 58.4. The fourth-order valence-electron chi connectivity index (χ4n) is 3.21. The number of nitrogen functional groups attached to an aromatic ring is 1. The van der Waals surface area contributed by atoms with E-state index in [4.69, 9.17) is 10.5 Å². The number of nitrogens with two attached hydrogens (primary N) is 1. The summed E-state index contributed by atoms with van der Waals surface area (Å²) in [6.07, 6.45) is -4.68. The van der Waals surface area contributed by atoms with Crippen molar-refractivity contribution in [2.75, 3.05) is 12.8 Å². The lowest BCUT2D eigenvalue weighted by molar-refractivity contribution is -0.164. The number of ether oxygens (including phenoxy) is 1. The van der Waals surface area contributed by atoms with Gasteiger partial charge in [-0.05, 0) is 30.7 Å². The number of benzene rings is 2. The van der Waals surface area contributed by atoms with Gasteiger partial charge in [0.05, 0.1) is 12.7 Å². The molecule has 1 aromatic heterocycles. The molecule has 34 heavy (non-hydrogen) atoms.